The molecule has 4 aliphatic carbocycles. The van der Waals surface area contributed by atoms with Crippen LogP contribution in [0, 0.1) is 17.8 Å². The number of hydrogen-bond donors (Lipinski definition) is 1. The Morgan fingerprint density at radius 2 is 1.64 bits per heavy atom. The summed E-state index contributed by atoms with van der Waals surface area (Å²) in [6.45, 7) is 0. The van der Waals surface area contributed by atoms with Gasteiger partial charge in [-0.2, -0.15) is 0 Å². The molecule has 28 heavy (non-hydrogen) atoms. The number of amides is 1. The van der Waals surface area contributed by atoms with Crippen molar-refractivity contribution in [2.45, 2.75) is 47.9 Å². The van der Waals surface area contributed by atoms with Crippen LogP contribution in [0.5, 0.6) is 0 Å². The number of carbonyl (C=O) groups is 1. The number of alkyl halides is 2. The van der Waals surface area contributed by atoms with Gasteiger partial charge in [-0.1, -0.05) is 48.5 Å². The second-order valence-corrected chi connectivity index (χ2v) is 10.6. The molecule has 146 valence electrons. The van der Waals surface area contributed by atoms with E-state index in [4.69, 9.17) is 23.2 Å². The molecule has 6 atom stereocenters. The van der Waals surface area contributed by atoms with Crippen LogP contribution in [-0.4, -0.2) is 15.7 Å². The van der Waals surface area contributed by atoms with Crippen molar-refractivity contribution in [1.82, 2.24) is 5.32 Å². The third kappa shape index (κ3) is 3.15. The van der Waals surface area contributed by atoms with E-state index in [0.29, 0.717) is 17.4 Å². The predicted molar refractivity (Wildman–Crippen MR) is 114 cm³/mol. The molecule has 2 aromatic rings. The molecule has 0 radical (unpaired) electrons. The average molecular weight is 414 g/mol. The molecule has 2 nitrogen and oxygen atoms in total. The number of halogens is 2. The summed E-state index contributed by atoms with van der Waals surface area (Å²) in [5.74, 6) is 1.24. The molecule has 0 saturated heterocycles. The van der Waals surface area contributed by atoms with Crippen molar-refractivity contribution in [3.8, 4) is 0 Å². The van der Waals surface area contributed by atoms with Crippen molar-refractivity contribution in [2.24, 2.45) is 17.8 Å². The largest absolute Gasteiger partial charge is 0.345 e. The van der Waals surface area contributed by atoms with E-state index in [2.05, 4.69) is 17.4 Å². The van der Waals surface area contributed by atoms with Crippen LogP contribution in [0.2, 0.25) is 0 Å². The van der Waals surface area contributed by atoms with Crippen LogP contribution in [0.25, 0.3) is 0 Å². The fourth-order valence-electron chi connectivity index (χ4n) is 6.42. The second-order valence-electron chi connectivity index (χ2n) is 9.09. The van der Waals surface area contributed by atoms with Crippen molar-refractivity contribution in [3.05, 3.63) is 71.8 Å². The second kappa shape index (κ2) is 6.78. The quantitative estimate of drug-likeness (QED) is 0.616. The van der Waals surface area contributed by atoms with Gasteiger partial charge in [-0.25, -0.2) is 0 Å². The lowest BCUT2D eigenvalue weighted by molar-refractivity contribution is -0.0237. The highest BCUT2D eigenvalue weighted by Crippen LogP contribution is 2.66. The minimum absolute atomic E-state index is 0.0379. The number of carbonyl (C=O) groups excluding carboxylic acids is 1. The molecule has 1 unspecified atom stereocenters. The molecule has 0 spiro atoms. The average Bonchev–Trinajstić information content (AvgIpc) is 2.66. The summed E-state index contributed by atoms with van der Waals surface area (Å²) >= 11 is 14.3. The minimum Gasteiger partial charge on any atom is -0.345 e. The molecule has 4 heteroatoms. The van der Waals surface area contributed by atoms with Gasteiger partial charge in [0, 0.05) is 16.4 Å². The molecular formula is C24H25Cl2NO. The Kier molecular flexibility index (Phi) is 4.48. The van der Waals surface area contributed by atoms with Crippen molar-refractivity contribution in [3.63, 3.8) is 0 Å². The van der Waals surface area contributed by atoms with Gasteiger partial charge in [-0.3, -0.25) is 4.79 Å². The molecule has 4 bridgehead atoms. The third-order valence-electron chi connectivity index (χ3n) is 7.10. The van der Waals surface area contributed by atoms with E-state index < -0.39 is 0 Å². The molecule has 0 aliphatic heterocycles. The van der Waals surface area contributed by atoms with Gasteiger partial charge in [0.15, 0.2) is 0 Å². The zero-order valence-corrected chi connectivity index (χ0v) is 17.3. The number of benzene rings is 2. The highest BCUT2D eigenvalue weighted by atomic mass is 35.5. The first kappa shape index (κ1) is 18.5. The fourth-order valence-corrected chi connectivity index (χ4v) is 7.92. The first-order valence-corrected chi connectivity index (χ1v) is 11.0. The lowest BCUT2D eigenvalue weighted by atomic mass is 9.49. The summed E-state index contributed by atoms with van der Waals surface area (Å²) in [5.41, 5.74) is 1.82. The van der Waals surface area contributed by atoms with Crippen LogP contribution >= 0.6 is 23.2 Å². The SMILES string of the molecule is O=C(N[C@@H](c1ccccc1)[C@H]1C2C[C@H]3C[C@](Cl)(C2)C[C@@]1(Cl)C3)c1ccccc1. The summed E-state index contributed by atoms with van der Waals surface area (Å²) < 4.78 is 0. The Bertz CT molecular complexity index is 873. The third-order valence-corrected chi connectivity index (χ3v) is 8.09. The van der Waals surface area contributed by atoms with E-state index in [1.807, 2.05) is 48.5 Å². The zero-order valence-electron chi connectivity index (χ0n) is 15.8. The summed E-state index contributed by atoms with van der Waals surface area (Å²) in [6, 6.07) is 19.7. The van der Waals surface area contributed by atoms with Crippen LogP contribution in [0.3, 0.4) is 0 Å². The molecule has 0 aromatic heterocycles. The van der Waals surface area contributed by atoms with Gasteiger partial charge in [-0.15, -0.1) is 23.2 Å². The van der Waals surface area contributed by atoms with Crippen LogP contribution in [-0.2, 0) is 0 Å². The maximum Gasteiger partial charge on any atom is 0.251 e. The monoisotopic (exact) mass is 413 g/mol. The van der Waals surface area contributed by atoms with E-state index >= 15 is 0 Å². The van der Waals surface area contributed by atoms with Gasteiger partial charge in [0.1, 0.15) is 0 Å². The Balaban J connectivity index is 1.51. The van der Waals surface area contributed by atoms with E-state index in [-0.39, 0.29) is 27.6 Å². The summed E-state index contributed by atoms with van der Waals surface area (Å²) in [4.78, 5) is 12.6. The van der Waals surface area contributed by atoms with Crippen LogP contribution < -0.4 is 5.32 Å². The van der Waals surface area contributed by atoms with Gasteiger partial charge in [0.2, 0.25) is 0 Å². The van der Waals surface area contributed by atoms with E-state index in [1.165, 1.54) is 6.42 Å². The standard InChI is InChI=1S/C24H25Cl2NO/c25-23-12-16-11-19(14-23)20(24(26,13-16)15-23)21(17-7-3-1-4-8-17)27-22(28)18-9-5-2-6-10-18/h1-10,16,19-21H,11-15H2,(H,27,28)/t16-,19?,20+,21-,23-,24-/m0/s1. The predicted octanol–water partition coefficient (Wildman–Crippen LogP) is 5.95. The van der Waals surface area contributed by atoms with Crippen LogP contribution in [0.1, 0.15) is 54.1 Å². The van der Waals surface area contributed by atoms with Gasteiger partial charge in [0.05, 0.1) is 10.9 Å². The molecule has 1 amide bonds. The summed E-state index contributed by atoms with van der Waals surface area (Å²) in [6.07, 6.45) is 5.13. The first-order valence-electron chi connectivity index (χ1n) is 10.2. The molecular weight excluding hydrogens is 389 g/mol. The normalized spacial score (nSPS) is 36.9. The molecule has 4 saturated carbocycles. The highest BCUT2D eigenvalue weighted by Gasteiger charge is 2.63. The zero-order chi connectivity index (χ0) is 19.4. The molecule has 4 fully saturated rings. The van der Waals surface area contributed by atoms with Crippen molar-refractivity contribution >= 4 is 29.1 Å². The van der Waals surface area contributed by atoms with Gasteiger partial charge >= 0.3 is 0 Å². The van der Waals surface area contributed by atoms with Crippen LogP contribution in [0.4, 0.5) is 0 Å². The van der Waals surface area contributed by atoms with Crippen molar-refractivity contribution < 1.29 is 4.79 Å². The first-order chi connectivity index (χ1) is 13.5. The highest BCUT2D eigenvalue weighted by molar-refractivity contribution is 6.28. The topological polar surface area (TPSA) is 29.1 Å². The summed E-state index contributed by atoms with van der Waals surface area (Å²) in [5, 5.41) is 3.35. The Hall–Kier alpha value is -1.51. The van der Waals surface area contributed by atoms with Crippen molar-refractivity contribution in [2.75, 3.05) is 0 Å². The van der Waals surface area contributed by atoms with Gasteiger partial charge in [0.25, 0.3) is 5.91 Å². The van der Waals surface area contributed by atoms with Crippen LogP contribution in [0.15, 0.2) is 60.7 Å². The lowest BCUT2D eigenvalue weighted by Gasteiger charge is -2.63. The van der Waals surface area contributed by atoms with E-state index in [9.17, 15) is 4.79 Å². The Morgan fingerprint density at radius 1 is 0.964 bits per heavy atom. The van der Waals surface area contributed by atoms with Gasteiger partial charge in [-0.05, 0) is 61.6 Å². The van der Waals surface area contributed by atoms with E-state index in [1.54, 1.807) is 0 Å². The molecule has 4 aliphatic rings. The minimum atomic E-state index is -0.337. The molecule has 2 aromatic carbocycles. The smallest absolute Gasteiger partial charge is 0.251 e. The molecule has 0 heterocycles. The molecule has 6 rings (SSSR count). The number of nitrogens with one attached hydrogen (secondary N) is 1. The maximum absolute atomic E-state index is 13.1. The number of hydrogen-bond acceptors (Lipinski definition) is 1. The summed E-state index contributed by atoms with van der Waals surface area (Å²) in [7, 11) is 0. The molecule has 1 N–H and O–H groups in total. The Morgan fingerprint density at radius 3 is 2.29 bits per heavy atom. The fraction of sp³-hybridized carbons (Fsp3) is 0.458. The number of rotatable bonds is 4. The van der Waals surface area contributed by atoms with Crippen molar-refractivity contribution in [1.29, 1.82) is 0 Å². The lowest BCUT2D eigenvalue weighted by Crippen LogP contribution is -2.62. The Labute approximate surface area is 176 Å². The van der Waals surface area contributed by atoms with Gasteiger partial charge < -0.3 is 5.32 Å². The maximum atomic E-state index is 13.1. The van der Waals surface area contributed by atoms with E-state index in [0.717, 1.165) is 31.2 Å².